The molecule has 2 amide bonds. The molecule has 0 unspecified atom stereocenters. The second-order valence-corrected chi connectivity index (χ2v) is 8.65. The number of methoxy groups -OCH3 is 2. The van der Waals surface area contributed by atoms with E-state index >= 15 is 0 Å². The maximum Gasteiger partial charge on any atom is 0.337 e. The van der Waals surface area contributed by atoms with E-state index in [0.717, 1.165) is 31.0 Å². The van der Waals surface area contributed by atoms with E-state index in [4.69, 9.17) is 9.47 Å². The number of allylic oxidation sites excluding steroid dienone is 1. The summed E-state index contributed by atoms with van der Waals surface area (Å²) in [4.78, 5) is 51.5. The zero-order chi connectivity index (χ0) is 24.0. The van der Waals surface area contributed by atoms with Crippen molar-refractivity contribution in [2.45, 2.75) is 25.2 Å². The number of nitrogens with one attached hydrogen (secondary N) is 1. The predicted octanol–water partition coefficient (Wildman–Crippen LogP) is 1.96. The van der Waals surface area contributed by atoms with Gasteiger partial charge in [0.05, 0.1) is 42.2 Å². The van der Waals surface area contributed by atoms with Crippen LogP contribution >= 0.6 is 11.8 Å². The number of piperidine rings is 1. The van der Waals surface area contributed by atoms with Crippen molar-refractivity contribution in [1.29, 1.82) is 5.26 Å². The quantitative estimate of drug-likeness (QED) is 0.493. The molecule has 0 spiro atoms. The number of carbonyl (C=O) groups excluding carboxylic acids is 4. The van der Waals surface area contributed by atoms with Crippen LogP contribution in [0.3, 0.4) is 0 Å². The second kappa shape index (κ2) is 11.0. The average molecular weight is 472 g/mol. The molecule has 1 aromatic carbocycles. The van der Waals surface area contributed by atoms with E-state index in [-0.39, 0.29) is 22.3 Å². The molecule has 3 rings (SSSR count). The first kappa shape index (κ1) is 24.3. The third-order valence-corrected chi connectivity index (χ3v) is 6.73. The SMILES string of the molecule is COC(=O)c1ccc([C@@H]2C(C#N)=C(SCC(=O)N3CCCCC3)NC(=O)[C@@H]2C(=O)OC)cc1. The van der Waals surface area contributed by atoms with Crippen molar-refractivity contribution in [3.8, 4) is 6.07 Å². The van der Waals surface area contributed by atoms with Gasteiger partial charge in [0.2, 0.25) is 11.8 Å². The summed E-state index contributed by atoms with van der Waals surface area (Å²) in [5.74, 6) is -4.13. The Balaban J connectivity index is 1.93. The van der Waals surface area contributed by atoms with Crippen LogP contribution in [-0.4, -0.2) is 61.7 Å². The lowest BCUT2D eigenvalue weighted by atomic mass is 9.78. The molecule has 174 valence electrons. The van der Waals surface area contributed by atoms with Crippen molar-refractivity contribution >= 4 is 35.5 Å². The molecule has 1 fully saturated rings. The minimum atomic E-state index is -1.28. The number of hydrogen-bond donors (Lipinski definition) is 1. The molecule has 2 atom stereocenters. The molecule has 33 heavy (non-hydrogen) atoms. The summed E-state index contributed by atoms with van der Waals surface area (Å²) >= 11 is 1.07. The maximum absolute atomic E-state index is 12.9. The van der Waals surface area contributed by atoms with Crippen LogP contribution in [0.1, 0.15) is 41.1 Å². The highest BCUT2D eigenvalue weighted by Gasteiger charge is 2.44. The molecule has 1 N–H and O–H groups in total. The first-order valence-electron chi connectivity index (χ1n) is 10.5. The van der Waals surface area contributed by atoms with Gasteiger partial charge >= 0.3 is 11.9 Å². The average Bonchev–Trinajstić information content (AvgIpc) is 2.86. The van der Waals surface area contributed by atoms with Gasteiger partial charge in [0, 0.05) is 19.0 Å². The smallest absolute Gasteiger partial charge is 0.337 e. The first-order chi connectivity index (χ1) is 15.9. The summed E-state index contributed by atoms with van der Waals surface area (Å²) in [6.45, 7) is 1.41. The Morgan fingerprint density at radius 2 is 1.79 bits per heavy atom. The van der Waals surface area contributed by atoms with Crippen LogP contribution in [0.4, 0.5) is 0 Å². The van der Waals surface area contributed by atoms with Crippen LogP contribution in [0.25, 0.3) is 0 Å². The van der Waals surface area contributed by atoms with Crippen LogP contribution in [0.5, 0.6) is 0 Å². The monoisotopic (exact) mass is 471 g/mol. The van der Waals surface area contributed by atoms with Crippen LogP contribution in [0.15, 0.2) is 34.9 Å². The van der Waals surface area contributed by atoms with E-state index in [2.05, 4.69) is 11.4 Å². The summed E-state index contributed by atoms with van der Waals surface area (Å²) in [5.41, 5.74) is 0.942. The molecule has 0 radical (unpaired) electrons. The van der Waals surface area contributed by atoms with E-state index in [0.29, 0.717) is 24.2 Å². The summed E-state index contributed by atoms with van der Waals surface area (Å²) in [5, 5.41) is 12.8. The van der Waals surface area contributed by atoms with Gasteiger partial charge in [0.1, 0.15) is 5.92 Å². The molecule has 2 aliphatic heterocycles. The standard InChI is InChI=1S/C23H25N3O6S/c1-31-22(29)15-8-6-14(7-9-15)18-16(12-24)21(25-20(28)19(18)23(30)32-2)33-13-17(27)26-10-4-3-5-11-26/h6-9,18-19H,3-5,10-11,13H2,1-2H3,(H,25,28)/t18-,19-/m1/s1. The van der Waals surface area contributed by atoms with E-state index in [9.17, 15) is 24.4 Å². The number of carbonyl (C=O) groups is 4. The lowest BCUT2D eigenvalue weighted by Gasteiger charge is -2.31. The number of rotatable bonds is 6. The Morgan fingerprint density at radius 1 is 1.12 bits per heavy atom. The number of likely N-dealkylation sites (tertiary alicyclic amines) is 1. The lowest BCUT2D eigenvalue weighted by molar-refractivity contribution is -0.150. The van der Waals surface area contributed by atoms with Gasteiger partial charge in [-0.3, -0.25) is 14.4 Å². The fourth-order valence-corrected chi connectivity index (χ4v) is 4.94. The third kappa shape index (κ3) is 5.37. The molecular weight excluding hydrogens is 446 g/mol. The highest BCUT2D eigenvalue weighted by atomic mass is 32.2. The summed E-state index contributed by atoms with van der Waals surface area (Å²) in [7, 11) is 2.44. The second-order valence-electron chi connectivity index (χ2n) is 7.67. The predicted molar refractivity (Wildman–Crippen MR) is 120 cm³/mol. The third-order valence-electron chi connectivity index (χ3n) is 5.72. The van der Waals surface area contributed by atoms with Crippen LogP contribution in [0.2, 0.25) is 0 Å². The number of ether oxygens (including phenoxy) is 2. The Labute approximate surface area is 196 Å². The van der Waals surface area contributed by atoms with Gasteiger partial charge in [-0.05, 0) is 37.0 Å². The zero-order valence-electron chi connectivity index (χ0n) is 18.5. The Kier molecular flexibility index (Phi) is 8.11. The number of benzene rings is 1. The Bertz CT molecular complexity index is 1010. The molecule has 0 saturated carbocycles. The molecule has 0 bridgehead atoms. The number of esters is 2. The van der Waals surface area contributed by atoms with Gasteiger partial charge in [-0.25, -0.2) is 4.79 Å². The summed E-state index contributed by atoms with van der Waals surface area (Å²) in [6.07, 6.45) is 3.02. The molecule has 2 heterocycles. The summed E-state index contributed by atoms with van der Waals surface area (Å²) < 4.78 is 9.52. The topological polar surface area (TPSA) is 126 Å². The maximum atomic E-state index is 12.9. The van der Waals surface area contributed by atoms with Gasteiger partial charge in [-0.1, -0.05) is 23.9 Å². The number of thioether (sulfide) groups is 1. The van der Waals surface area contributed by atoms with Crippen molar-refractivity contribution in [2.75, 3.05) is 33.1 Å². The lowest BCUT2D eigenvalue weighted by Crippen LogP contribution is -2.44. The van der Waals surface area contributed by atoms with Crippen LogP contribution < -0.4 is 5.32 Å². The van der Waals surface area contributed by atoms with E-state index in [1.165, 1.54) is 26.4 Å². The Hall–Kier alpha value is -3.32. The normalized spacial score (nSPS) is 20.5. The highest BCUT2D eigenvalue weighted by Crippen LogP contribution is 2.40. The molecule has 0 aromatic heterocycles. The van der Waals surface area contributed by atoms with Crippen molar-refractivity contribution in [3.63, 3.8) is 0 Å². The molecule has 1 aromatic rings. The van der Waals surface area contributed by atoms with Crippen LogP contribution in [0, 0.1) is 17.2 Å². The van der Waals surface area contributed by atoms with E-state index < -0.39 is 29.7 Å². The molecule has 2 aliphatic rings. The van der Waals surface area contributed by atoms with E-state index in [1.807, 2.05) is 0 Å². The van der Waals surface area contributed by atoms with Gasteiger partial charge in [-0.15, -0.1) is 0 Å². The van der Waals surface area contributed by atoms with Gasteiger partial charge in [0.25, 0.3) is 0 Å². The van der Waals surface area contributed by atoms with E-state index in [1.54, 1.807) is 17.0 Å². The molecule has 0 aliphatic carbocycles. The minimum Gasteiger partial charge on any atom is -0.468 e. The van der Waals surface area contributed by atoms with Crippen molar-refractivity contribution < 1.29 is 28.7 Å². The number of hydrogen-bond acceptors (Lipinski definition) is 8. The fourth-order valence-electron chi connectivity index (χ4n) is 3.99. The summed E-state index contributed by atoms with van der Waals surface area (Å²) in [6, 6.07) is 8.26. The van der Waals surface area contributed by atoms with Gasteiger partial charge in [-0.2, -0.15) is 5.26 Å². The molecule has 1 saturated heterocycles. The highest BCUT2D eigenvalue weighted by molar-refractivity contribution is 8.03. The number of nitrogens with zero attached hydrogens (tertiary/aromatic N) is 2. The molecule has 9 nitrogen and oxygen atoms in total. The van der Waals surface area contributed by atoms with Crippen LogP contribution in [-0.2, 0) is 23.9 Å². The van der Waals surface area contributed by atoms with Gasteiger partial charge < -0.3 is 19.7 Å². The first-order valence-corrected chi connectivity index (χ1v) is 11.5. The number of amides is 2. The largest absolute Gasteiger partial charge is 0.468 e. The van der Waals surface area contributed by atoms with Gasteiger partial charge in [0.15, 0.2) is 0 Å². The fraction of sp³-hybridized carbons (Fsp3) is 0.435. The Morgan fingerprint density at radius 3 is 2.36 bits per heavy atom. The van der Waals surface area contributed by atoms with Crippen molar-refractivity contribution in [1.82, 2.24) is 10.2 Å². The van der Waals surface area contributed by atoms with Crippen molar-refractivity contribution in [3.05, 3.63) is 46.0 Å². The zero-order valence-corrected chi connectivity index (χ0v) is 19.3. The van der Waals surface area contributed by atoms with Crippen molar-refractivity contribution in [2.24, 2.45) is 5.92 Å². The number of nitriles is 1. The molecule has 10 heteroatoms. The molecular formula is C23H25N3O6S. The minimum absolute atomic E-state index is 0.0622.